The summed E-state index contributed by atoms with van der Waals surface area (Å²) in [6.45, 7) is 2.25. The van der Waals surface area contributed by atoms with Crippen LogP contribution < -0.4 is 11.5 Å². The van der Waals surface area contributed by atoms with Crippen molar-refractivity contribution < 1.29 is 0 Å². The van der Waals surface area contributed by atoms with Crippen LogP contribution >= 0.6 is 0 Å². The third-order valence-electron chi connectivity index (χ3n) is 3.07. The number of allylic oxidation sites excluding steroid dienone is 3. The molecule has 0 amide bonds. The highest BCUT2D eigenvalue weighted by molar-refractivity contribution is 5.40. The highest BCUT2D eigenvalue weighted by Crippen LogP contribution is 2.32. The van der Waals surface area contributed by atoms with Crippen molar-refractivity contribution in [3.05, 3.63) is 53.8 Å². The van der Waals surface area contributed by atoms with Crippen molar-refractivity contribution in [3.8, 4) is 0 Å². The molecule has 2 nitrogen and oxygen atoms in total. The van der Waals surface area contributed by atoms with Gasteiger partial charge in [0.15, 0.2) is 0 Å². The summed E-state index contributed by atoms with van der Waals surface area (Å²) >= 11 is 0. The Morgan fingerprint density at radius 3 is 2.44 bits per heavy atom. The normalized spacial score (nSPS) is 24.2. The number of benzene rings is 1. The molecule has 1 aromatic carbocycles. The second-order valence-corrected chi connectivity index (χ2v) is 4.81. The molecule has 0 bridgehead atoms. The van der Waals surface area contributed by atoms with Crippen molar-refractivity contribution in [1.82, 2.24) is 0 Å². The first kappa shape index (κ1) is 10.8. The van der Waals surface area contributed by atoms with Crippen molar-refractivity contribution >= 4 is 5.69 Å². The Kier molecular flexibility index (Phi) is 2.73. The molecular formula is C14H18N2. The lowest BCUT2D eigenvalue weighted by molar-refractivity contribution is 0.425. The van der Waals surface area contributed by atoms with Crippen molar-refractivity contribution in [2.75, 3.05) is 5.73 Å². The number of hydrogen-bond donors (Lipinski definition) is 2. The average Bonchev–Trinajstić information content (AvgIpc) is 2.27. The Morgan fingerprint density at radius 1 is 1.19 bits per heavy atom. The lowest BCUT2D eigenvalue weighted by Gasteiger charge is -2.27. The smallest absolute Gasteiger partial charge is 0.0314 e. The van der Waals surface area contributed by atoms with Gasteiger partial charge in [-0.1, -0.05) is 31.2 Å². The quantitative estimate of drug-likeness (QED) is 0.743. The molecule has 0 saturated carbocycles. The van der Waals surface area contributed by atoms with E-state index in [1.54, 1.807) is 0 Å². The van der Waals surface area contributed by atoms with Crippen molar-refractivity contribution in [3.63, 3.8) is 0 Å². The zero-order valence-corrected chi connectivity index (χ0v) is 9.61. The lowest BCUT2D eigenvalue weighted by atomic mass is 9.78. The molecule has 0 saturated heterocycles. The Hall–Kier alpha value is -1.70. The molecule has 1 aromatic rings. The first-order valence-electron chi connectivity index (χ1n) is 5.57. The largest absolute Gasteiger partial charge is 0.399 e. The summed E-state index contributed by atoms with van der Waals surface area (Å²) in [5.74, 6) is 0. The van der Waals surface area contributed by atoms with Crippen LogP contribution in [0.1, 0.15) is 18.9 Å². The van der Waals surface area contributed by atoms with Crippen molar-refractivity contribution in [1.29, 1.82) is 0 Å². The van der Waals surface area contributed by atoms with Gasteiger partial charge in [-0.15, -0.1) is 0 Å². The fourth-order valence-electron chi connectivity index (χ4n) is 2.02. The van der Waals surface area contributed by atoms with Crippen molar-refractivity contribution in [2.45, 2.75) is 19.8 Å². The van der Waals surface area contributed by atoms with E-state index in [1.807, 2.05) is 18.2 Å². The Morgan fingerprint density at radius 2 is 1.88 bits per heavy atom. The molecule has 16 heavy (non-hydrogen) atoms. The minimum absolute atomic E-state index is 0.180. The molecule has 0 fully saturated rings. The average molecular weight is 214 g/mol. The fourth-order valence-corrected chi connectivity index (χ4v) is 2.02. The standard InChI is InChI=1S/C14H18N2/c1-14(8-6-13(16)7-9-14)10-11-2-4-12(15)5-3-11/h2-8H,9-10,15-16H2,1H3. The van der Waals surface area contributed by atoms with Crippen LogP contribution in [0, 0.1) is 5.41 Å². The van der Waals surface area contributed by atoms with Crippen molar-refractivity contribution in [2.24, 2.45) is 11.1 Å². The van der Waals surface area contributed by atoms with Gasteiger partial charge >= 0.3 is 0 Å². The highest BCUT2D eigenvalue weighted by Gasteiger charge is 2.22. The molecule has 1 aliphatic rings. The highest BCUT2D eigenvalue weighted by atomic mass is 14.6. The molecule has 0 aliphatic heterocycles. The van der Waals surface area contributed by atoms with Gasteiger partial charge in [-0.05, 0) is 42.0 Å². The van der Waals surface area contributed by atoms with Gasteiger partial charge in [0, 0.05) is 11.4 Å². The van der Waals surface area contributed by atoms with E-state index in [4.69, 9.17) is 11.5 Å². The second-order valence-electron chi connectivity index (χ2n) is 4.81. The Labute approximate surface area is 96.6 Å². The van der Waals surface area contributed by atoms with Crippen LogP contribution in [0.3, 0.4) is 0 Å². The van der Waals surface area contributed by atoms with E-state index in [0.717, 1.165) is 24.2 Å². The number of nitrogens with two attached hydrogens (primary N) is 2. The summed E-state index contributed by atoms with van der Waals surface area (Å²) < 4.78 is 0. The lowest BCUT2D eigenvalue weighted by Crippen LogP contribution is -2.19. The monoisotopic (exact) mass is 214 g/mol. The maximum Gasteiger partial charge on any atom is 0.0314 e. The van der Waals surface area contributed by atoms with E-state index in [0.29, 0.717) is 0 Å². The zero-order valence-electron chi connectivity index (χ0n) is 9.61. The van der Waals surface area contributed by atoms with E-state index >= 15 is 0 Å². The van der Waals surface area contributed by atoms with Crippen LogP contribution in [0.5, 0.6) is 0 Å². The first-order chi connectivity index (χ1) is 7.57. The van der Waals surface area contributed by atoms with E-state index in [9.17, 15) is 0 Å². The van der Waals surface area contributed by atoms with Gasteiger partial charge in [-0.2, -0.15) is 0 Å². The summed E-state index contributed by atoms with van der Waals surface area (Å²) in [5, 5.41) is 0. The van der Waals surface area contributed by atoms with E-state index in [1.165, 1.54) is 5.56 Å². The first-order valence-corrected chi connectivity index (χ1v) is 5.57. The predicted molar refractivity (Wildman–Crippen MR) is 68.7 cm³/mol. The number of anilines is 1. The van der Waals surface area contributed by atoms with Gasteiger partial charge in [0.25, 0.3) is 0 Å². The molecule has 0 heterocycles. The summed E-state index contributed by atoms with van der Waals surface area (Å²) in [6.07, 6.45) is 8.32. The zero-order chi connectivity index (χ0) is 11.6. The van der Waals surface area contributed by atoms with Gasteiger partial charge < -0.3 is 11.5 Å². The molecule has 1 atom stereocenters. The van der Waals surface area contributed by atoms with Gasteiger partial charge in [0.05, 0.1) is 0 Å². The van der Waals surface area contributed by atoms with Gasteiger partial charge in [-0.3, -0.25) is 0 Å². The minimum atomic E-state index is 0.180. The Bertz CT molecular complexity index is 429. The van der Waals surface area contributed by atoms with E-state index in [2.05, 4.69) is 31.2 Å². The fraction of sp³-hybridized carbons (Fsp3) is 0.286. The van der Waals surface area contributed by atoms with Crippen LogP contribution in [0.15, 0.2) is 48.2 Å². The molecule has 1 aliphatic carbocycles. The summed E-state index contributed by atoms with van der Waals surface area (Å²) in [4.78, 5) is 0. The molecule has 4 N–H and O–H groups in total. The molecule has 2 heteroatoms. The van der Waals surface area contributed by atoms with E-state index < -0.39 is 0 Å². The molecule has 1 unspecified atom stereocenters. The van der Waals surface area contributed by atoms with E-state index in [-0.39, 0.29) is 5.41 Å². The van der Waals surface area contributed by atoms with Gasteiger partial charge in [0.2, 0.25) is 0 Å². The maximum absolute atomic E-state index is 5.73. The molecule has 0 radical (unpaired) electrons. The number of nitrogen functional groups attached to an aromatic ring is 1. The maximum atomic E-state index is 5.73. The van der Waals surface area contributed by atoms with Gasteiger partial charge in [-0.25, -0.2) is 0 Å². The van der Waals surface area contributed by atoms with Crippen LogP contribution in [-0.2, 0) is 6.42 Å². The van der Waals surface area contributed by atoms with Crippen LogP contribution in [0.2, 0.25) is 0 Å². The molecule has 84 valence electrons. The molecular weight excluding hydrogens is 196 g/mol. The molecule has 2 rings (SSSR count). The van der Waals surface area contributed by atoms with Gasteiger partial charge in [0.1, 0.15) is 0 Å². The molecule has 0 aromatic heterocycles. The molecule has 0 spiro atoms. The SMILES string of the molecule is CC1(Cc2ccc(N)cc2)C=CC(N)=CC1. The summed E-state index contributed by atoms with van der Waals surface area (Å²) in [5.41, 5.74) is 14.6. The third-order valence-corrected chi connectivity index (χ3v) is 3.07. The topological polar surface area (TPSA) is 52.0 Å². The number of rotatable bonds is 2. The summed E-state index contributed by atoms with van der Waals surface area (Å²) in [6, 6.07) is 8.09. The Balaban J connectivity index is 2.10. The minimum Gasteiger partial charge on any atom is -0.399 e. The summed E-state index contributed by atoms with van der Waals surface area (Å²) in [7, 11) is 0. The van der Waals surface area contributed by atoms with Crippen LogP contribution in [0.25, 0.3) is 0 Å². The predicted octanol–water partition coefficient (Wildman–Crippen LogP) is 2.62. The number of hydrogen-bond acceptors (Lipinski definition) is 2. The third kappa shape index (κ3) is 2.45. The second kappa shape index (κ2) is 4.05. The van der Waals surface area contributed by atoms with Crippen LogP contribution in [0.4, 0.5) is 5.69 Å². The van der Waals surface area contributed by atoms with Crippen LogP contribution in [-0.4, -0.2) is 0 Å².